The smallest absolute Gasteiger partial charge is 0.318 e. The van der Waals surface area contributed by atoms with Gasteiger partial charge < -0.3 is 14.5 Å². The molecule has 0 bridgehead atoms. The summed E-state index contributed by atoms with van der Waals surface area (Å²) in [6.45, 7) is 8.45. The normalized spacial score (nSPS) is 15.0. The molecule has 1 aliphatic heterocycles. The van der Waals surface area contributed by atoms with Gasteiger partial charge in [-0.2, -0.15) is 9.97 Å². The molecule has 112 valence electrons. The molecule has 0 aliphatic carbocycles. The first kappa shape index (κ1) is 15.0. The molecule has 0 fully saturated rings. The summed E-state index contributed by atoms with van der Waals surface area (Å²) in [5, 5.41) is 0. The number of likely N-dealkylation sites (N-methyl/N-ethyl adjacent to an activating group) is 1. The molecule has 0 radical (unpaired) electrons. The van der Waals surface area contributed by atoms with Crippen LogP contribution in [0, 0.1) is 0 Å². The van der Waals surface area contributed by atoms with Crippen LogP contribution in [0.4, 0.5) is 5.82 Å². The number of ether oxygens (including phenoxy) is 1. The molecule has 5 heteroatoms. The number of aromatic nitrogens is 2. The summed E-state index contributed by atoms with van der Waals surface area (Å²) in [7, 11) is 3.77. The van der Waals surface area contributed by atoms with Crippen molar-refractivity contribution in [3.05, 3.63) is 11.3 Å². The van der Waals surface area contributed by atoms with Gasteiger partial charge in [-0.15, -0.1) is 0 Å². The molecular formula is C15H26N4O. The van der Waals surface area contributed by atoms with Crippen molar-refractivity contribution < 1.29 is 4.74 Å². The molecule has 0 N–H and O–H groups in total. The largest absolute Gasteiger partial charge is 0.467 e. The third-order valence-corrected chi connectivity index (χ3v) is 3.68. The summed E-state index contributed by atoms with van der Waals surface area (Å²) < 4.78 is 5.30. The fourth-order valence-corrected chi connectivity index (χ4v) is 2.74. The van der Waals surface area contributed by atoms with Gasteiger partial charge in [-0.25, -0.2) is 0 Å². The van der Waals surface area contributed by atoms with Crippen molar-refractivity contribution in [2.75, 3.05) is 38.7 Å². The minimum absolute atomic E-state index is 0.492. The highest BCUT2D eigenvalue weighted by Crippen LogP contribution is 2.28. The van der Waals surface area contributed by atoms with Crippen LogP contribution in [0.15, 0.2) is 0 Å². The van der Waals surface area contributed by atoms with Crippen LogP contribution in [-0.2, 0) is 13.0 Å². The highest BCUT2D eigenvalue weighted by Gasteiger charge is 2.23. The first-order valence-corrected chi connectivity index (χ1v) is 7.56. The van der Waals surface area contributed by atoms with Crippen LogP contribution in [0.5, 0.6) is 6.01 Å². The second-order valence-electron chi connectivity index (χ2n) is 5.43. The minimum atomic E-state index is 0.492. The van der Waals surface area contributed by atoms with Crippen molar-refractivity contribution in [2.45, 2.75) is 39.7 Å². The Morgan fingerprint density at radius 1 is 1.20 bits per heavy atom. The van der Waals surface area contributed by atoms with Crippen molar-refractivity contribution in [2.24, 2.45) is 0 Å². The third kappa shape index (κ3) is 3.20. The van der Waals surface area contributed by atoms with Gasteiger partial charge in [0, 0.05) is 31.7 Å². The Kier molecular flexibility index (Phi) is 5.17. The van der Waals surface area contributed by atoms with E-state index in [4.69, 9.17) is 4.74 Å². The van der Waals surface area contributed by atoms with Gasteiger partial charge in [0.1, 0.15) is 5.82 Å². The Morgan fingerprint density at radius 2 is 1.90 bits per heavy atom. The van der Waals surface area contributed by atoms with Crippen LogP contribution >= 0.6 is 0 Å². The molecule has 0 saturated heterocycles. The van der Waals surface area contributed by atoms with E-state index >= 15 is 0 Å². The fraction of sp³-hybridized carbons (Fsp3) is 0.733. The topological polar surface area (TPSA) is 41.5 Å². The van der Waals surface area contributed by atoms with Gasteiger partial charge in [0.05, 0.1) is 12.8 Å². The second kappa shape index (κ2) is 6.88. The summed E-state index contributed by atoms with van der Waals surface area (Å²) in [6.07, 6.45) is 3.27. The Balaban J connectivity index is 2.41. The minimum Gasteiger partial charge on any atom is -0.467 e. The van der Waals surface area contributed by atoms with Crippen molar-refractivity contribution in [3.8, 4) is 6.01 Å². The van der Waals surface area contributed by atoms with E-state index in [2.05, 4.69) is 40.7 Å². The molecule has 5 nitrogen and oxygen atoms in total. The maximum atomic E-state index is 5.30. The van der Waals surface area contributed by atoms with E-state index in [1.165, 1.54) is 5.56 Å². The lowest BCUT2D eigenvalue weighted by molar-refractivity contribution is 0.300. The average molecular weight is 278 g/mol. The van der Waals surface area contributed by atoms with Gasteiger partial charge in [-0.05, 0) is 26.3 Å². The summed E-state index contributed by atoms with van der Waals surface area (Å²) in [5.41, 5.74) is 2.43. The monoisotopic (exact) mass is 278 g/mol. The Morgan fingerprint density at radius 3 is 2.50 bits per heavy atom. The average Bonchev–Trinajstić information content (AvgIpc) is 2.45. The first-order valence-electron chi connectivity index (χ1n) is 7.56. The van der Waals surface area contributed by atoms with E-state index in [0.717, 1.165) is 57.0 Å². The van der Waals surface area contributed by atoms with Crippen LogP contribution in [0.1, 0.15) is 37.9 Å². The highest BCUT2D eigenvalue weighted by atomic mass is 16.5. The molecule has 20 heavy (non-hydrogen) atoms. The zero-order valence-corrected chi connectivity index (χ0v) is 13.1. The molecule has 0 amide bonds. The molecule has 1 aromatic heterocycles. The van der Waals surface area contributed by atoms with Crippen molar-refractivity contribution >= 4 is 5.82 Å². The lowest BCUT2D eigenvalue weighted by atomic mass is 10.1. The SMILES string of the molecule is CCCN(CCC)c1nc(OC)nc2c1CCN(C)C2. The van der Waals surface area contributed by atoms with E-state index in [-0.39, 0.29) is 0 Å². The molecule has 0 atom stereocenters. The number of fused-ring (bicyclic) bond motifs is 1. The van der Waals surface area contributed by atoms with Gasteiger partial charge in [0.2, 0.25) is 0 Å². The third-order valence-electron chi connectivity index (χ3n) is 3.68. The number of anilines is 1. The van der Waals surface area contributed by atoms with E-state index in [0.29, 0.717) is 6.01 Å². The number of nitrogens with zero attached hydrogens (tertiary/aromatic N) is 4. The van der Waals surface area contributed by atoms with Crippen LogP contribution in [-0.4, -0.2) is 48.7 Å². The van der Waals surface area contributed by atoms with Gasteiger partial charge in [-0.3, -0.25) is 0 Å². The fourth-order valence-electron chi connectivity index (χ4n) is 2.74. The molecule has 0 aromatic carbocycles. The predicted octanol–water partition coefficient (Wildman–Crippen LogP) is 2.10. The molecule has 0 spiro atoms. The van der Waals surface area contributed by atoms with Gasteiger partial charge in [-0.1, -0.05) is 13.8 Å². The maximum absolute atomic E-state index is 5.30. The number of methoxy groups -OCH3 is 1. The molecule has 1 aromatic rings. The van der Waals surface area contributed by atoms with Crippen molar-refractivity contribution in [3.63, 3.8) is 0 Å². The zero-order valence-electron chi connectivity index (χ0n) is 13.1. The first-order chi connectivity index (χ1) is 9.69. The van der Waals surface area contributed by atoms with Crippen LogP contribution in [0.3, 0.4) is 0 Å². The molecule has 0 saturated carbocycles. The number of hydrogen-bond acceptors (Lipinski definition) is 5. The van der Waals surface area contributed by atoms with E-state index in [1.807, 2.05) is 0 Å². The summed E-state index contributed by atoms with van der Waals surface area (Å²) in [4.78, 5) is 13.9. The van der Waals surface area contributed by atoms with Crippen LogP contribution < -0.4 is 9.64 Å². The van der Waals surface area contributed by atoms with Crippen LogP contribution in [0.2, 0.25) is 0 Å². The van der Waals surface area contributed by atoms with Gasteiger partial charge >= 0.3 is 6.01 Å². The summed E-state index contributed by atoms with van der Waals surface area (Å²) >= 11 is 0. The van der Waals surface area contributed by atoms with Gasteiger partial charge in [0.25, 0.3) is 0 Å². The zero-order chi connectivity index (χ0) is 14.5. The standard InChI is InChI=1S/C15H26N4O/c1-5-8-19(9-6-2)14-12-7-10-18(3)11-13(12)16-15(17-14)20-4/h5-11H2,1-4H3. The van der Waals surface area contributed by atoms with E-state index in [1.54, 1.807) is 7.11 Å². The van der Waals surface area contributed by atoms with E-state index < -0.39 is 0 Å². The summed E-state index contributed by atoms with van der Waals surface area (Å²) in [6, 6.07) is 0.492. The van der Waals surface area contributed by atoms with Gasteiger partial charge in [0.15, 0.2) is 0 Å². The Hall–Kier alpha value is -1.36. The molecular weight excluding hydrogens is 252 g/mol. The molecule has 2 rings (SSSR count). The number of rotatable bonds is 6. The lowest BCUT2D eigenvalue weighted by Crippen LogP contribution is -2.33. The highest BCUT2D eigenvalue weighted by molar-refractivity contribution is 5.51. The Bertz CT molecular complexity index is 444. The molecule has 0 unspecified atom stereocenters. The summed E-state index contributed by atoms with van der Waals surface area (Å²) in [5.74, 6) is 1.09. The lowest BCUT2D eigenvalue weighted by Gasteiger charge is -2.30. The second-order valence-corrected chi connectivity index (χ2v) is 5.43. The number of hydrogen-bond donors (Lipinski definition) is 0. The van der Waals surface area contributed by atoms with Crippen molar-refractivity contribution in [1.29, 1.82) is 0 Å². The maximum Gasteiger partial charge on any atom is 0.318 e. The molecule has 1 aliphatic rings. The molecule has 2 heterocycles. The van der Waals surface area contributed by atoms with E-state index in [9.17, 15) is 0 Å². The van der Waals surface area contributed by atoms with Crippen LogP contribution in [0.25, 0.3) is 0 Å². The predicted molar refractivity (Wildman–Crippen MR) is 81.4 cm³/mol. The quantitative estimate of drug-likeness (QED) is 0.797. The van der Waals surface area contributed by atoms with Crippen molar-refractivity contribution in [1.82, 2.24) is 14.9 Å². The Labute approximate surface area is 122 Å².